The van der Waals surface area contributed by atoms with Crippen LogP contribution in [0.2, 0.25) is 0 Å². The quantitative estimate of drug-likeness (QED) is 0.494. The fourth-order valence-corrected chi connectivity index (χ4v) is 3.22. The summed E-state index contributed by atoms with van der Waals surface area (Å²) in [6.07, 6.45) is -0.0325. The topological polar surface area (TPSA) is 70.6 Å². The van der Waals surface area contributed by atoms with E-state index in [0.717, 1.165) is 11.6 Å². The SMILES string of the molecule is COCC(C)NC[C@@H](O)[C@@H](Cc1cc(F)cc(F)c1)NC(=O)CCc1ccccc1. The van der Waals surface area contributed by atoms with Gasteiger partial charge in [0.25, 0.3) is 0 Å². The minimum absolute atomic E-state index is 0.00527. The van der Waals surface area contributed by atoms with Gasteiger partial charge < -0.3 is 20.5 Å². The van der Waals surface area contributed by atoms with Crippen LogP contribution in [0.4, 0.5) is 8.78 Å². The first kappa shape index (κ1) is 23.9. The summed E-state index contributed by atoms with van der Waals surface area (Å²) in [5, 5.41) is 16.6. The highest BCUT2D eigenvalue weighted by molar-refractivity contribution is 5.76. The molecule has 0 bridgehead atoms. The standard InChI is InChI=1S/C23H30F2N2O3/c1-16(15-30-2)26-14-22(28)21(12-18-10-19(24)13-20(25)11-18)27-23(29)9-8-17-6-4-3-5-7-17/h3-7,10-11,13,16,21-22,26,28H,8-9,12,14-15H2,1-2H3,(H,27,29)/t16?,21-,22-/m1/s1. The average molecular weight is 421 g/mol. The molecule has 1 amide bonds. The van der Waals surface area contributed by atoms with Gasteiger partial charge in [0, 0.05) is 32.2 Å². The second-order valence-electron chi connectivity index (χ2n) is 7.47. The molecule has 0 saturated carbocycles. The normalized spacial score (nSPS) is 14.2. The fourth-order valence-electron chi connectivity index (χ4n) is 3.22. The summed E-state index contributed by atoms with van der Waals surface area (Å²) >= 11 is 0. The van der Waals surface area contributed by atoms with Gasteiger partial charge in [-0.15, -0.1) is 0 Å². The van der Waals surface area contributed by atoms with Gasteiger partial charge in [-0.3, -0.25) is 4.79 Å². The number of hydrogen-bond donors (Lipinski definition) is 3. The lowest BCUT2D eigenvalue weighted by Crippen LogP contribution is -2.50. The maximum atomic E-state index is 13.6. The number of hydrogen-bond acceptors (Lipinski definition) is 4. The molecule has 164 valence electrons. The van der Waals surface area contributed by atoms with Gasteiger partial charge in [-0.1, -0.05) is 30.3 Å². The molecule has 0 spiro atoms. The number of amides is 1. The lowest BCUT2D eigenvalue weighted by Gasteiger charge is -2.26. The zero-order chi connectivity index (χ0) is 21.9. The van der Waals surface area contributed by atoms with Crippen molar-refractivity contribution in [3.8, 4) is 0 Å². The van der Waals surface area contributed by atoms with E-state index in [1.54, 1.807) is 7.11 Å². The summed E-state index contributed by atoms with van der Waals surface area (Å²) in [6, 6.07) is 12.1. The van der Waals surface area contributed by atoms with Crippen molar-refractivity contribution >= 4 is 5.91 Å². The highest BCUT2D eigenvalue weighted by Gasteiger charge is 2.23. The maximum Gasteiger partial charge on any atom is 0.220 e. The van der Waals surface area contributed by atoms with Gasteiger partial charge in [0.05, 0.1) is 18.8 Å². The fraction of sp³-hybridized carbons (Fsp3) is 0.435. The number of rotatable bonds is 12. The van der Waals surface area contributed by atoms with Crippen LogP contribution in [0.3, 0.4) is 0 Å². The Labute approximate surface area is 176 Å². The van der Waals surface area contributed by atoms with E-state index in [9.17, 15) is 18.7 Å². The first-order valence-corrected chi connectivity index (χ1v) is 10.1. The number of carbonyl (C=O) groups is 1. The van der Waals surface area contributed by atoms with Crippen molar-refractivity contribution < 1.29 is 23.4 Å². The summed E-state index contributed by atoms with van der Waals surface area (Å²) in [4.78, 5) is 12.5. The molecule has 0 saturated heterocycles. The van der Waals surface area contributed by atoms with Crippen molar-refractivity contribution in [2.45, 2.75) is 44.4 Å². The number of aliphatic hydroxyl groups is 1. The molecular formula is C23H30F2N2O3. The molecule has 3 atom stereocenters. The van der Waals surface area contributed by atoms with Crippen molar-refractivity contribution in [1.29, 1.82) is 0 Å². The van der Waals surface area contributed by atoms with E-state index >= 15 is 0 Å². The zero-order valence-corrected chi connectivity index (χ0v) is 17.4. The Kier molecular flexibility index (Phi) is 9.86. The Bertz CT molecular complexity index is 769. The summed E-state index contributed by atoms with van der Waals surface area (Å²) < 4.78 is 32.2. The van der Waals surface area contributed by atoms with Crippen LogP contribution in [0.5, 0.6) is 0 Å². The van der Waals surface area contributed by atoms with Crippen LogP contribution in [0, 0.1) is 11.6 Å². The lowest BCUT2D eigenvalue weighted by molar-refractivity contribution is -0.122. The van der Waals surface area contributed by atoms with Crippen LogP contribution in [0.1, 0.15) is 24.5 Å². The third kappa shape index (κ3) is 8.57. The van der Waals surface area contributed by atoms with Gasteiger partial charge in [-0.25, -0.2) is 8.78 Å². The molecule has 0 aliphatic carbocycles. The molecule has 30 heavy (non-hydrogen) atoms. The van der Waals surface area contributed by atoms with Gasteiger partial charge in [0.2, 0.25) is 5.91 Å². The van der Waals surface area contributed by atoms with E-state index in [1.165, 1.54) is 12.1 Å². The second kappa shape index (κ2) is 12.4. The van der Waals surface area contributed by atoms with Crippen molar-refractivity contribution in [1.82, 2.24) is 10.6 Å². The highest BCUT2D eigenvalue weighted by Crippen LogP contribution is 2.12. The average Bonchev–Trinajstić information content (AvgIpc) is 2.70. The summed E-state index contributed by atoms with van der Waals surface area (Å²) in [5.74, 6) is -1.62. The molecule has 2 rings (SSSR count). The summed E-state index contributed by atoms with van der Waals surface area (Å²) in [7, 11) is 1.59. The van der Waals surface area contributed by atoms with Gasteiger partial charge in [-0.2, -0.15) is 0 Å². The number of benzene rings is 2. The molecule has 0 heterocycles. The summed E-state index contributed by atoms with van der Waals surface area (Å²) in [5.41, 5.74) is 1.40. The zero-order valence-electron chi connectivity index (χ0n) is 17.4. The molecule has 7 heteroatoms. The molecular weight excluding hydrogens is 390 g/mol. The Morgan fingerprint density at radius 3 is 2.40 bits per heavy atom. The van der Waals surface area contributed by atoms with Crippen molar-refractivity contribution in [2.75, 3.05) is 20.3 Å². The van der Waals surface area contributed by atoms with Crippen LogP contribution in [-0.2, 0) is 22.4 Å². The molecule has 0 fully saturated rings. The summed E-state index contributed by atoms with van der Waals surface area (Å²) in [6.45, 7) is 2.58. The van der Waals surface area contributed by atoms with Crippen LogP contribution in [0.25, 0.3) is 0 Å². The van der Waals surface area contributed by atoms with E-state index in [2.05, 4.69) is 10.6 Å². The molecule has 0 aromatic heterocycles. The van der Waals surface area contributed by atoms with E-state index in [-0.39, 0.29) is 31.3 Å². The third-order valence-corrected chi connectivity index (χ3v) is 4.76. The Morgan fingerprint density at radius 2 is 1.77 bits per heavy atom. The predicted octanol–water partition coefficient (Wildman–Crippen LogP) is 2.61. The largest absolute Gasteiger partial charge is 0.390 e. The Hall–Kier alpha value is -2.35. The number of halogens is 2. The molecule has 0 aliphatic rings. The minimum atomic E-state index is -0.948. The molecule has 0 aliphatic heterocycles. The number of aliphatic hydroxyl groups excluding tert-OH is 1. The smallest absolute Gasteiger partial charge is 0.220 e. The van der Waals surface area contributed by atoms with Gasteiger partial charge in [0.15, 0.2) is 0 Å². The van der Waals surface area contributed by atoms with Crippen molar-refractivity contribution in [3.63, 3.8) is 0 Å². The van der Waals surface area contributed by atoms with E-state index in [1.807, 2.05) is 37.3 Å². The highest BCUT2D eigenvalue weighted by atomic mass is 19.1. The van der Waals surface area contributed by atoms with Crippen LogP contribution in [-0.4, -0.2) is 49.5 Å². The molecule has 0 radical (unpaired) electrons. The second-order valence-corrected chi connectivity index (χ2v) is 7.47. The van der Waals surface area contributed by atoms with Crippen LogP contribution < -0.4 is 10.6 Å². The number of aryl methyl sites for hydroxylation is 1. The minimum Gasteiger partial charge on any atom is -0.390 e. The first-order valence-electron chi connectivity index (χ1n) is 10.1. The molecule has 2 aromatic carbocycles. The Balaban J connectivity index is 2.02. The van der Waals surface area contributed by atoms with Crippen LogP contribution in [0.15, 0.2) is 48.5 Å². The number of ether oxygens (including phenoxy) is 1. The molecule has 2 aromatic rings. The van der Waals surface area contributed by atoms with Crippen LogP contribution >= 0.6 is 0 Å². The number of methoxy groups -OCH3 is 1. The van der Waals surface area contributed by atoms with E-state index in [4.69, 9.17) is 4.74 Å². The molecule has 5 nitrogen and oxygen atoms in total. The molecule has 1 unspecified atom stereocenters. The maximum absolute atomic E-state index is 13.6. The Morgan fingerprint density at radius 1 is 1.10 bits per heavy atom. The van der Waals surface area contributed by atoms with E-state index in [0.29, 0.717) is 18.6 Å². The lowest BCUT2D eigenvalue weighted by atomic mass is 10.00. The number of carbonyl (C=O) groups excluding carboxylic acids is 1. The number of nitrogens with one attached hydrogen (secondary N) is 2. The molecule has 3 N–H and O–H groups in total. The van der Waals surface area contributed by atoms with E-state index < -0.39 is 23.8 Å². The van der Waals surface area contributed by atoms with Gasteiger partial charge in [-0.05, 0) is 43.0 Å². The van der Waals surface area contributed by atoms with Crippen molar-refractivity contribution in [2.24, 2.45) is 0 Å². The van der Waals surface area contributed by atoms with Gasteiger partial charge >= 0.3 is 0 Å². The predicted molar refractivity (Wildman–Crippen MR) is 112 cm³/mol. The van der Waals surface area contributed by atoms with Crippen molar-refractivity contribution in [3.05, 3.63) is 71.3 Å². The monoisotopic (exact) mass is 420 g/mol. The first-order chi connectivity index (χ1) is 14.4. The third-order valence-electron chi connectivity index (χ3n) is 4.76. The van der Waals surface area contributed by atoms with Gasteiger partial charge in [0.1, 0.15) is 11.6 Å².